The first-order chi connectivity index (χ1) is 9.43. The van der Waals surface area contributed by atoms with Gasteiger partial charge < -0.3 is 25.1 Å². The van der Waals surface area contributed by atoms with Crippen molar-refractivity contribution in [3.8, 4) is 0 Å². The van der Waals surface area contributed by atoms with Gasteiger partial charge in [0.05, 0.1) is 0 Å². The molecule has 1 aromatic heterocycles. The van der Waals surface area contributed by atoms with E-state index in [1.54, 1.807) is 0 Å². The lowest BCUT2D eigenvalue weighted by atomic mass is 10.0. The molecule has 112 valence electrons. The molecule has 0 aliphatic carbocycles. The van der Waals surface area contributed by atoms with Crippen LogP contribution in [-0.4, -0.2) is 38.1 Å². The highest BCUT2D eigenvalue weighted by Gasteiger charge is 2.16. The van der Waals surface area contributed by atoms with Crippen molar-refractivity contribution in [2.24, 2.45) is 5.92 Å². The Bertz CT molecular complexity index is 458. The largest absolute Gasteiger partial charge is 0.396 e. The average molecular weight is 284 g/mol. The van der Waals surface area contributed by atoms with Crippen LogP contribution in [0.25, 0.3) is 0 Å². The molecule has 1 amide bonds. The van der Waals surface area contributed by atoms with Crippen molar-refractivity contribution >= 4 is 11.7 Å². The lowest BCUT2D eigenvalue weighted by Crippen LogP contribution is -2.39. The van der Waals surface area contributed by atoms with Crippen molar-refractivity contribution in [2.75, 3.05) is 6.61 Å². The third kappa shape index (κ3) is 4.96. The number of hydrogen-bond donors (Lipinski definition) is 2. The summed E-state index contributed by atoms with van der Waals surface area (Å²) in [6.45, 7) is 4.30. The fraction of sp³-hybridized carbons (Fsp3) is 0.667. The van der Waals surface area contributed by atoms with E-state index in [1.165, 1.54) is 17.1 Å². The number of nitrogens with one attached hydrogen (secondary N) is 1. The number of amides is 1. The van der Waals surface area contributed by atoms with Crippen LogP contribution in [0.4, 0.5) is 5.82 Å². The minimum atomic E-state index is -0.577. The highest BCUT2D eigenvalue weighted by molar-refractivity contribution is 5.76. The fourth-order valence-corrected chi connectivity index (χ4v) is 1.79. The normalized spacial score (nSPS) is 12.4. The Balaban J connectivity index is 2.43. The predicted molar refractivity (Wildman–Crippen MR) is 72.0 cm³/mol. The Kier molecular flexibility index (Phi) is 6.10. The molecule has 0 saturated carbocycles. The second kappa shape index (κ2) is 7.59. The van der Waals surface area contributed by atoms with Crippen LogP contribution in [0, 0.1) is 16.0 Å². The highest BCUT2D eigenvalue weighted by atomic mass is 16.6. The monoisotopic (exact) mass is 284 g/mol. The molecule has 0 aliphatic rings. The van der Waals surface area contributed by atoms with Gasteiger partial charge in [-0.2, -0.15) is 0 Å². The van der Waals surface area contributed by atoms with Crippen LogP contribution < -0.4 is 5.32 Å². The first kappa shape index (κ1) is 16.1. The number of rotatable bonds is 8. The lowest BCUT2D eigenvalue weighted by Gasteiger charge is -2.21. The van der Waals surface area contributed by atoms with Crippen molar-refractivity contribution in [3.63, 3.8) is 0 Å². The zero-order valence-corrected chi connectivity index (χ0v) is 11.7. The maximum atomic E-state index is 11.8. The molecule has 1 unspecified atom stereocenters. The molecular weight excluding hydrogens is 264 g/mol. The number of aliphatic hydroxyl groups is 1. The van der Waals surface area contributed by atoms with Crippen molar-refractivity contribution < 1.29 is 14.8 Å². The Morgan fingerprint density at radius 2 is 2.30 bits per heavy atom. The van der Waals surface area contributed by atoms with Crippen molar-refractivity contribution in [3.05, 3.63) is 22.6 Å². The Morgan fingerprint density at radius 3 is 2.80 bits per heavy atom. The van der Waals surface area contributed by atoms with E-state index in [0.29, 0.717) is 13.0 Å². The first-order valence-corrected chi connectivity index (χ1v) is 6.50. The predicted octanol–water partition coefficient (Wildman–Crippen LogP) is 0.705. The van der Waals surface area contributed by atoms with Gasteiger partial charge in [0.1, 0.15) is 6.20 Å². The van der Waals surface area contributed by atoms with Crippen LogP contribution in [0.5, 0.6) is 0 Å². The third-order valence-corrected chi connectivity index (χ3v) is 2.99. The van der Waals surface area contributed by atoms with Gasteiger partial charge in [0, 0.05) is 25.6 Å². The van der Waals surface area contributed by atoms with E-state index in [-0.39, 0.29) is 36.7 Å². The number of aliphatic hydroxyl groups excluding tert-OH is 1. The topological polar surface area (TPSA) is 110 Å². The van der Waals surface area contributed by atoms with Crippen LogP contribution in [0.15, 0.2) is 12.5 Å². The van der Waals surface area contributed by atoms with Crippen LogP contribution in [-0.2, 0) is 11.3 Å². The minimum Gasteiger partial charge on any atom is -0.396 e. The van der Waals surface area contributed by atoms with E-state index < -0.39 is 4.92 Å². The van der Waals surface area contributed by atoms with Crippen molar-refractivity contribution in [1.29, 1.82) is 0 Å². The standard InChI is InChI=1S/C12H20N4O4/c1-9(2)10(4-6-17)14-12(18)3-5-15-7-11(13-8-15)16(19)20/h7-10,17H,3-6H2,1-2H3,(H,14,18). The summed E-state index contributed by atoms with van der Waals surface area (Å²) in [6, 6.07) is -0.0652. The van der Waals surface area contributed by atoms with E-state index in [9.17, 15) is 14.9 Å². The van der Waals surface area contributed by atoms with Crippen LogP contribution >= 0.6 is 0 Å². The van der Waals surface area contributed by atoms with Gasteiger partial charge in [0.15, 0.2) is 0 Å². The Labute approximate surface area is 117 Å². The SMILES string of the molecule is CC(C)C(CCO)NC(=O)CCn1cnc([N+](=O)[O-])c1. The molecule has 0 radical (unpaired) electrons. The Hall–Kier alpha value is -1.96. The summed E-state index contributed by atoms with van der Waals surface area (Å²) in [6.07, 6.45) is 3.35. The van der Waals surface area contributed by atoms with Crippen LogP contribution in [0.2, 0.25) is 0 Å². The lowest BCUT2D eigenvalue weighted by molar-refractivity contribution is -0.389. The summed E-state index contributed by atoms with van der Waals surface area (Å²) in [5, 5.41) is 22.3. The molecule has 0 saturated heterocycles. The van der Waals surface area contributed by atoms with Crippen molar-refractivity contribution in [2.45, 2.75) is 39.3 Å². The number of carbonyl (C=O) groups excluding carboxylic acids is 1. The number of nitrogens with zero attached hydrogens (tertiary/aromatic N) is 3. The summed E-state index contributed by atoms with van der Waals surface area (Å²) in [4.78, 5) is 25.3. The molecule has 0 aliphatic heterocycles. The van der Waals surface area contributed by atoms with E-state index in [4.69, 9.17) is 5.11 Å². The average Bonchev–Trinajstić information content (AvgIpc) is 2.84. The number of carbonyl (C=O) groups is 1. The van der Waals surface area contributed by atoms with Crippen LogP contribution in [0.1, 0.15) is 26.7 Å². The van der Waals surface area contributed by atoms with E-state index in [0.717, 1.165) is 0 Å². The molecule has 0 spiro atoms. The molecular formula is C12H20N4O4. The molecule has 1 atom stereocenters. The quantitative estimate of drug-likeness (QED) is 0.539. The summed E-state index contributed by atoms with van der Waals surface area (Å²) in [5.74, 6) is -0.139. The molecule has 0 bridgehead atoms. The second-order valence-corrected chi connectivity index (χ2v) is 4.91. The van der Waals surface area contributed by atoms with Gasteiger partial charge >= 0.3 is 5.82 Å². The summed E-state index contributed by atoms with van der Waals surface area (Å²) >= 11 is 0. The molecule has 1 rings (SSSR count). The zero-order valence-electron chi connectivity index (χ0n) is 11.7. The number of aromatic nitrogens is 2. The Morgan fingerprint density at radius 1 is 1.60 bits per heavy atom. The van der Waals surface area contributed by atoms with Gasteiger partial charge in [-0.25, -0.2) is 0 Å². The number of aryl methyl sites for hydroxylation is 1. The van der Waals surface area contributed by atoms with E-state index in [2.05, 4.69) is 10.3 Å². The summed E-state index contributed by atoms with van der Waals surface area (Å²) in [7, 11) is 0. The number of hydrogen-bond acceptors (Lipinski definition) is 5. The molecule has 20 heavy (non-hydrogen) atoms. The smallest absolute Gasteiger partial charge is 0.381 e. The maximum absolute atomic E-state index is 11.8. The third-order valence-electron chi connectivity index (χ3n) is 2.99. The van der Waals surface area contributed by atoms with Gasteiger partial charge in [-0.05, 0) is 22.2 Å². The van der Waals surface area contributed by atoms with Crippen molar-refractivity contribution in [1.82, 2.24) is 14.9 Å². The first-order valence-electron chi connectivity index (χ1n) is 6.50. The number of nitro groups is 1. The van der Waals surface area contributed by atoms with Gasteiger partial charge in [0.25, 0.3) is 0 Å². The van der Waals surface area contributed by atoms with Crippen LogP contribution in [0.3, 0.4) is 0 Å². The number of imidazole rings is 1. The molecule has 1 aromatic rings. The van der Waals surface area contributed by atoms with Gasteiger partial charge in [-0.3, -0.25) is 4.79 Å². The molecule has 2 N–H and O–H groups in total. The highest BCUT2D eigenvalue weighted by Crippen LogP contribution is 2.08. The van der Waals surface area contributed by atoms with Gasteiger partial charge in [-0.1, -0.05) is 13.8 Å². The fourth-order valence-electron chi connectivity index (χ4n) is 1.79. The second-order valence-electron chi connectivity index (χ2n) is 4.91. The molecule has 1 heterocycles. The van der Waals surface area contributed by atoms with Gasteiger partial charge in [-0.15, -0.1) is 0 Å². The summed E-state index contributed by atoms with van der Waals surface area (Å²) < 4.78 is 1.51. The summed E-state index contributed by atoms with van der Waals surface area (Å²) in [5.41, 5.74) is 0. The molecule has 8 heteroatoms. The maximum Gasteiger partial charge on any atom is 0.381 e. The van der Waals surface area contributed by atoms with Gasteiger partial charge in [0.2, 0.25) is 12.2 Å². The molecule has 0 aromatic carbocycles. The molecule has 0 fully saturated rings. The zero-order chi connectivity index (χ0) is 15.1. The minimum absolute atomic E-state index is 0.0246. The van der Waals surface area contributed by atoms with E-state index >= 15 is 0 Å². The molecule has 8 nitrogen and oxygen atoms in total. The van der Waals surface area contributed by atoms with E-state index in [1.807, 2.05) is 13.8 Å².